The van der Waals surface area contributed by atoms with E-state index >= 15 is 0 Å². The molecule has 0 spiro atoms. The van der Waals surface area contributed by atoms with E-state index < -0.39 is 0 Å². The maximum absolute atomic E-state index is 9.34. The van der Waals surface area contributed by atoms with Crippen LogP contribution in [0.3, 0.4) is 0 Å². The van der Waals surface area contributed by atoms with Crippen molar-refractivity contribution in [1.82, 2.24) is 9.97 Å². The molecule has 2 aromatic rings. The third-order valence-corrected chi connectivity index (χ3v) is 2.91. The molecule has 6 heteroatoms. The maximum Gasteiger partial charge on any atom is 0.123 e. The van der Waals surface area contributed by atoms with Crippen molar-refractivity contribution < 1.29 is 19.7 Å². The Morgan fingerprint density at radius 2 is 1.18 bits per heavy atom. The van der Waals surface area contributed by atoms with Crippen LogP contribution in [0, 0.1) is 0 Å². The summed E-state index contributed by atoms with van der Waals surface area (Å²) in [6, 6.07) is 6.88. The summed E-state index contributed by atoms with van der Waals surface area (Å²) < 4.78 is 11.0. The summed E-state index contributed by atoms with van der Waals surface area (Å²) in [6.07, 6.45) is 0. The van der Waals surface area contributed by atoms with Crippen molar-refractivity contribution in [2.75, 3.05) is 13.2 Å². The van der Waals surface area contributed by atoms with Crippen LogP contribution in [0.5, 0.6) is 11.5 Å². The molecule has 22 heavy (non-hydrogen) atoms. The molecular formula is C16H20N2O4. The quantitative estimate of drug-likeness (QED) is 0.813. The highest BCUT2D eigenvalue weighted by molar-refractivity contribution is 5.59. The van der Waals surface area contributed by atoms with Crippen molar-refractivity contribution in [3.05, 3.63) is 35.7 Å². The zero-order chi connectivity index (χ0) is 15.9. The van der Waals surface area contributed by atoms with Crippen molar-refractivity contribution >= 4 is 0 Å². The first kappa shape index (κ1) is 16.2. The number of aromatic nitrogens is 2. The molecule has 6 nitrogen and oxygen atoms in total. The fourth-order valence-electron chi connectivity index (χ4n) is 2.04. The predicted octanol–water partition coefficient (Wildman–Crippen LogP) is 1.93. The van der Waals surface area contributed by atoms with E-state index in [0.717, 1.165) is 0 Å². The molecule has 2 aromatic heterocycles. The molecule has 0 unspecified atom stereocenters. The van der Waals surface area contributed by atoms with E-state index in [1.54, 1.807) is 24.3 Å². The maximum atomic E-state index is 9.34. The zero-order valence-corrected chi connectivity index (χ0v) is 12.7. The Morgan fingerprint density at radius 1 is 0.773 bits per heavy atom. The molecule has 0 saturated carbocycles. The average molecular weight is 304 g/mol. The Morgan fingerprint density at radius 3 is 1.50 bits per heavy atom. The van der Waals surface area contributed by atoms with Gasteiger partial charge in [0.05, 0.1) is 49.2 Å². The molecule has 2 rings (SSSR count). The summed E-state index contributed by atoms with van der Waals surface area (Å²) in [5, 5.41) is 18.7. The Balaban J connectivity index is 2.49. The van der Waals surface area contributed by atoms with E-state index in [9.17, 15) is 10.2 Å². The van der Waals surface area contributed by atoms with E-state index in [2.05, 4.69) is 9.97 Å². The van der Waals surface area contributed by atoms with Gasteiger partial charge < -0.3 is 19.7 Å². The SMILES string of the molecule is CCOc1cc(CO)nc(-c2cc(OCC)cc(CO)n2)c1. The lowest BCUT2D eigenvalue weighted by atomic mass is 10.2. The van der Waals surface area contributed by atoms with Gasteiger partial charge in [-0.05, 0) is 13.8 Å². The monoisotopic (exact) mass is 304 g/mol. The molecule has 0 radical (unpaired) electrons. The van der Waals surface area contributed by atoms with Crippen LogP contribution in [0.2, 0.25) is 0 Å². The van der Waals surface area contributed by atoms with Crippen LogP contribution in [0.1, 0.15) is 25.2 Å². The molecular weight excluding hydrogens is 284 g/mol. The largest absolute Gasteiger partial charge is 0.494 e. The van der Waals surface area contributed by atoms with E-state index in [1.807, 2.05) is 13.8 Å². The molecule has 0 fully saturated rings. The van der Waals surface area contributed by atoms with E-state index in [0.29, 0.717) is 47.5 Å². The van der Waals surface area contributed by atoms with Gasteiger partial charge in [-0.2, -0.15) is 0 Å². The normalized spacial score (nSPS) is 10.5. The second kappa shape index (κ2) is 7.72. The lowest BCUT2D eigenvalue weighted by molar-refractivity contribution is 0.274. The molecule has 0 amide bonds. The standard InChI is InChI=1S/C16H20N2O4/c1-3-21-13-5-11(9-19)17-15(7-13)16-8-14(22-4-2)6-12(10-20)18-16/h5-8,19-20H,3-4,9-10H2,1-2H3. The van der Waals surface area contributed by atoms with Crippen molar-refractivity contribution in [3.63, 3.8) is 0 Å². The minimum atomic E-state index is -0.189. The molecule has 0 aromatic carbocycles. The fourth-order valence-corrected chi connectivity index (χ4v) is 2.04. The van der Waals surface area contributed by atoms with Gasteiger partial charge >= 0.3 is 0 Å². The summed E-state index contributed by atoms with van der Waals surface area (Å²) in [5.41, 5.74) is 2.11. The Bertz CT molecular complexity index is 576. The summed E-state index contributed by atoms with van der Waals surface area (Å²) in [7, 11) is 0. The van der Waals surface area contributed by atoms with Gasteiger partial charge in [-0.15, -0.1) is 0 Å². The average Bonchev–Trinajstić information content (AvgIpc) is 2.54. The first-order valence-electron chi connectivity index (χ1n) is 7.19. The van der Waals surface area contributed by atoms with Gasteiger partial charge in [-0.1, -0.05) is 0 Å². The van der Waals surface area contributed by atoms with Crippen LogP contribution in [0.15, 0.2) is 24.3 Å². The summed E-state index contributed by atoms with van der Waals surface area (Å²) in [5.74, 6) is 1.23. The minimum absolute atomic E-state index is 0.189. The molecule has 0 saturated heterocycles. The molecule has 2 N–H and O–H groups in total. The first-order valence-corrected chi connectivity index (χ1v) is 7.19. The van der Waals surface area contributed by atoms with E-state index in [1.165, 1.54) is 0 Å². The van der Waals surface area contributed by atoms with Crippen LogP contribution in [-0.4, -0.2) is 33.4 Å². The number of pyridine rings is 2. The molecule has 118 valence electrons. The third-order valence-electron chi connectivity index (χ3n) is 2.91. The Kier molecular flexibility index (Phi) is 5.68. The van der Waals surface area contributed by atoms with Crippen molar-refractivity contribution in [3.8, 4) is 22.9 Å². The number of ether oxygens (including phenoxy) is 2. The van der Waals surface area contributed by atoms with Crippen LogP contribution < -0.4 is 9.47 Å². The number of nitrogens with zero attached hydrogens (tertiary/aromatic N) is 2. The van der Waals surface area contributed by atoms with Gasteiger partial charge in [0.1, 0.15) is 11.5 Å². The molecule has 0 atom stereocenters. The van der Waals surface area contributed by atoms with Crippen molar-refractivity contribution in [2.24, 2.45) is 0 Å². The van der Waals surface area contributed by atoms with Gasteiger partial charge in [0.15, 0.2) is 0 Å². The van der Waals surface area contributed by atoms with Crippen molar-refractivity contribution in [2.45, 2.75) is 27.1 Å². The topological polar surface area (TPSA) is 84.7 Å². The second-order valence-electron chi connectivity index (χ2n) is 4.54. The lowest BCUT2D eigenvalue weighted by Gasteiger charge is -2.11. The Labute approximate surface area is 129 Å². The molecule has 0 bridgehead atoms. The van der Waals surface area contributed by atoms with Crippen LogP contribution in [0.25, 0.3) is 11.4 Å². The predicted molar refractivity (Wildman–Crippen MR) is 81.7 cm³/mol. The summed E-state index contributed by atoms with van der Waals surface area (Å²) in [4.78, 5) is 8.70. The fraction of sp³-hybridized carbons (Fsp3) is 0.375. The third kappa shape index (κ3) is 3.93. The Hall–Kier alpha value is -2.18. The lowest BCUT2D eigenvalue weighted by Crippen LogP contribution is -2.01. The zero-order valence-electron chi connectivity index (χ0n) is 12.7. The molecule has 0 aliphatic heterocycles. The first-order chi connectivity index (χ1) is 10.7. The number of aliphatic hydroxyl groups excluding tert-OH is 2. The van der Waals surface area contributed by atoms with E-state index in [-0.39, 0.29) is 13.2 Å². The van der Waals surface area contributed by atoms with Gasteiger partial charge in [0, 0.05) is 24.3 Å². The molecule has 2 heterocycles. The summed E-state index contributed by atoms with van der Waals surface area (Å²) in [6.45, 7) is 4.43. The van der Waals surface area contributed by atoms with Crippen molar-refractivity contribution in [1.29, 1.82) is 0 Å². The highest BCUT2D eigenvalue weighted by Crippen LogP contribution is 2.26. The second-order valence-corrected chi connectivity index (χ2v) is 4.54. The van der Waals surface area contributed by atoms with Gasteiger partial charge in [-0.3, -0.25) is 0 Å². The molecule has 0 aliphatic rings. The number of aliphatic hydroxyl groups is 2. The van der Waals surface area contributed by atoms with Crippen LogP contribution >= 0.6 is 0 Å². The van der Waals surface area contributed by atoms with Gasteiger partial charge in [-0.25, -0.2) is 9.97 Å². The minimum Gasteiger partial charge on any atom is -0.494 e. The van der Waals surface area contributed by atoms with Crippen LogP contribution in [-0.2, 0) is 13.2 Å². The summed E-state index contributed by atoms with van der Waals surface area (Å²) >= 11 is 0. The molecule has 0 aliphatic carbocycles. The highest BCUT2D eigenvalue weighted by Gasteiger charge is 2.10. The number of rotatable bonds is 7. The number of hydrogen-bond donors (Lipinski definition) is 2. The van der Waals surface area contributed by atoms with E-state index in [4.69, 9.17) is 9.47 Å². The van der Waals surface area contributed by atoms with Gasteiger partial charge in [0.25, 0.3) is 0 Å². The smallest absolute Gasteiger partial charge is 0.123 e. The van der Waals surface area contributed by atoms with Gasteiger partial charge in [0.2, 0.25) is 0 Å². The highest BCUT2D eigenvalue weighted by atomic mass is 16.5. The van der Waals surface area contributed by atoms with Crippen LogP contribution in [0.4, 0.5) is 0 Å². The number of hydrogen-bond acceptors (Lipinski definition) is 6.